The van der Waals surface area contributed by atoms with Crippen molar-refractivity contribution in [2.24, 2.45) is 5.92 Å². The second-order valence-corrected chi connectivity index (χ2v) is 7.08. The molecule has 0 aromatic carbocycles. The number of hydrogen-bond donors (Lipinski definition) is 1. The molecule has 0 spiro atoms. The van der Waals surface area contributed by atoms with Crippen LogP contribution in [0, 0.1) is 5.92 Å². The van der Waals surface area contributed by atoms with Gasteiger partial charge in [0, 0.05) is 18.8 Å². The van der Waals surface area contributed by atoms with E-state index in [0.29, 0.717) is 5.92 Å². The van der Waals surface area contributed by atoms with Crippen molar-refractivity contribution in [3.63, 3.8) is 0 Å². The van der Waals surface area contributed by atoms with Crippen LogP contribution in [0.3, 0.4) is 0 Å². The largest absolute Gasteiger partial charge is 0.289 e. The Bertz CT molecular complexity index is 426. The minimum atomic E-state index is 0.0659. The second kappa shape index (κ2) is 5.86. The predicted octanol–water partition coefficient (Wildman–Crippen LogP) is 2.20. The SMILES string of the molecule is ON1OC(N2CCC[N+]3=C2CCCCC3)C2CCCCC21. The third-order valence-corrected chi connectivity index (χ3v) is 5.81. The molecule has 0 amide bonds. The zero-order valence-electron chi connectivity index (χ0n) is 12.9. The molecule has 1 N–H and O–H groups in total. The molecule has 1 saturated carbocycles. The maximum atomic E-state index is 10.1. The highest BCUT2D eigenvalue weighted by molar-refractivity contribution is 5.78. The lowest BCUT2D eigenvalue weighted by atomic mass is 9.84. The Balaban J connectivity index is 1.59. The zero-order valence-corrected chi connectivity index (χ0v) is 12.9. The smallest absolute Gasteiger partial charge is 0.248 e. The van der Waals surface area contributed by atoms with E-state index in [9.17, 15) is 5.21 Å². The first kappa shape index (κ1) is 14.0. The normalized spacial score (nSPS) is 38.1. The zero-order chi connectivity index (χ0) is 14.2. The summed E-state index contributed by atoms with van der Waals surface area (Å²) in [5, 5.41) is 11.3. The molecule has 1 saturated heterocycles. The molecule has 1 aliphatic carbocycles. The monoisotopic (exact) mass is 294 g/mol. The van der Waals surface area contributed by atoms with Gasteiger partial charge in [0.1, 0.15) is 0 Å². The standard InChI is InChI=1S/C16H28N3O2/c20-19-14-8-4-3-7-13(14)16(21-19)18-12-6-11-17-10-5-1-2-9-15(17)18/h13-14,16,20H,1-12H2/q+1. The highest BCUT2D eigenvalue weighted by Gasteiger charge is 2.51. The summed E-state index contributed by atoms with van der Waals surface area (Å²) in [6, 6.07) is 0.213. The fraction of sp³-hybridized carbons (Fsp3) is 0.938. The van der Waals surface area contributed by atoms with E-state index in [1.807, 2.05) is 0 Å². The van der Waals surface area contributed by atoms with E-state index in [2.05, 4.69) is 9.48 Å². The topological polar surface area (TPSA) is 39.0 Å². The summed E-state index contributed by atoms with van der Waals surface area (Å²) < 4.78 is 2.58. The van der Waals surface area contributed by atoms with Crippen molar-refractivity contribution in [3.8, 4) is 0 Å². The van der Waals surface area contributed by atoms with Gasteiger partial charge in [0.25, 0.3) is 0 Å². The molecule has 5 heteroatoms. The Labute approximate surface area is 127 Å². The van der Waals surface area contributed by atoms with Gasteiger partial charge in [0.05, 0.1) is 25.7 Å². The van der Waals surface area contributed by atoms with Crippen LogP contribution in [0.1, 0.15) is 57.8 Å². The van der Waals surface area contributed by atoms with Crippen LogP contribution in [0.4, 0.5) is 0 Å². The van der Waals surface area contributed by atoms with Crippen molar-refractivity contribution in [2.45, 2.75) is 70.1 Å². The van der Waals surface area contributed by atoms with Gasteiger partial charge < -0.3 is 0 Å². The summed E-state index contributed by atoms with van der Waals surface area (Å²) in [6.07, 6.45) is 11.2. The van der Waals surface area contributed by atoms with E-state index >= 15 is 0 Å². The molecule has 3 atom stereocenters. The van der Waals surface area contributed by atoms with Crippen molar-refractivity contribution in [2.75, 3.05) is 19.6 Å². The van der Waals surface area contributed by atoms with Crippen LogP contribution in [0.15, 0.2) is 0 Å². The van der Waals surface area contributed by atoms with Crippen LogP contribution < -0.4 is 0 Å². The highest BCUT2D eigenvalue weighted by Crippen LogP contribution is 2.39. The quantitative estimate of drug-likeness (QED) is 0.753. The highest BCUT2D eigenvalue weighted by atomic mass is 16.9. The molecule has 0 aromatic rings. The molecular formula is C16H28N3O2+. The summed E-state index contributed by atoms with van der Waals surface area (Å²) in [7, 11) is 0. The minimum absolute atomic E-state index is 0.0659. The number of nitrogens with zero attached hydrogens (tertiary/aromatic N) is 3. The van der Waals surface area contributed by atoms with Gasteiger partial charge in [0.2, 0.25) is 12.1 Å². The van der Waals surface area contributed by atoms with E-state index in [1.165, 1.54) is 75.5 Å². The molecule has 2 fully saturated rings. The van der Waals surface area contributed by atoms with Crippen molar-refractivity contribution in [1.29, 1.82) is 0 Å². The Morgan fingerprint density at radius 3 is 2.81 bits per heavy atom. The van der Waals surface area contributed by atoms with Crippen LogP contribution >= 0.6 is 0 Å². The molecule has 5 nitrogen and oxygen atoms in total. The fourth-order valence-electron chi connectivity index (χ4n) is 4.75. The number of fused-ring (bicyclic) bond motifs is 1. The molecule has 118 valence electrons. The van der Waals surface area contributed by atoms with Crippen molar-refractivity contribution in [3.05, 3.63) is 0 Å². The number of amidine groups is 1. The third kappa shape index (κ3) is 2.49. The molecule has 3 heterocycles. The average molecular weight is 294 g/mol. The molecule has 0 bridgehead atoms. The maximum absolute atomic E-state index is 10.1. The van der Waals surface area contributed by atoms with Gasteiger partial charge in [-0.2, -0.15) is 0 Å². The van der Waals surface area contributed by atoms with Crippen LogP contribution in [0.25, 0.3) is 0 Å². The summed E-state index contributed by atoms with van der Waals surface area (Å²) in [4.78, 5) is 8.40. The Kier molecular flexibility index (Phi) is 3.90. The lowest BCUT2D eigenvalue weighted by Crippen LogP contribution is -2.51. The summed E-state index contributed by atoms with van der Waals surface area (Å²) in [5.74, 6) is 1.96. The predicted molar refractivity (Wildman–Crippen MR) is 79.0 cm³/mol. The molecule has 3 aliphatic heterocycles. The van der Waals surface area contributed by atoms with Crippen molar-refractivity contribution in [1.82, 2.24) is 10.1 Å². The second-order valence-electron chi connectivity index (χ2n) is 7.08. The maximum Gasteiger partial charge on any atom is 0.248 e. The van der Waals surface area contributed by atoms with Crippen LogP contribution in [0.5, 0.6) is 0 Å². The molecular weight excluding hydrogens is 266 g/mol. The van der Waals surface area contributed by atoms with E-state index < -0.39 is 0 Å². The Morgan fingerprint density at radius 1 is 1.00 bits per heavy atom. The minimum Gasteiger partial charge on any atom is -0.289 e. The Morgan fingerprint density at radius 2 is 1.86 bits per heavy atom. The van der Waals surface area contributed by atoms with Gasteiger partial charge in [-0.25, -0.2) is 9.74 Å². The van der Waals surface area contributed by atoms with Crippen LogP contribution in [-0.4, -0.2) is 57.6 Å². The van der Waals surface area contributed by atoms with Gasteiger partial charge in [-0.1, -0.05) is 18.1 Å². The van der Waals surface area contributed by atoms with Crippen molar-refractivity contribution < 1.29 is 14.6 Å². The molecule has 4 rings (SSSR count). The summed E-state index contributed by atoms with van der Waals surface area (Å²) >= 11 is 0. The first-order chi connectivity index (χ1) is 10.3. The molecule has 0 aromatic heterocycles. The number of rotatable bonds is 1. The number of hydrogen-bond acceptors (Lipinski definition) is 4. The first-order valence-corrected chi connectivity index (χ1v) is 8.87. The lowest BCUT2D eigenvalue weighted by molar-refractivity contribution is -0.541. The van der Waals surface area contributed by atoms with E-state index in [4.69, 9.17) is 4.84 Å². The van der Waals surface area contributed by atoms with Gasteiger partial charge in [-0.15, -0.1) is 0 Å². The first-order valence-electron chi connectivity index (χ1n) is 8.87. The van der Waals surface area contributed by atoms with Gasteiger partial charge in [0.15, 0.2) is 0 Å². The van der Waals surface area contributed by atoms with Crippen molar-refractivity contribution >= 4 is 5.84 Å². The number of hydroxylamine groups is 2. The van der Waals surface area contributed by atoms with E-state index in [-0.39, 0.29) is 12.3 Å². The molecule has 0 radical (unpaired) electrons. The lowest BCUT2D eigenvalue weighted by Gasteiger charge is -2.33. The molecule has 21 heavy (non-hydrogen) atoms. The van der Waals surface area contributed by atoms with Gasteiger partial charge in [-0.3, -0.25) is 9.78 Å². The van der Waals surface area contributed by atoms with E-state index in [1.54, 1.807) is 0 Å². The fourth-order valence-corrected chi connectivity index (χ4v) is 4.75. The van der Waals surface area contributed by atoms with E-state index in [0.717, 1.165) is 13.0 Å². The summed E-state index contributed by atoms with van der Waals surface area (Å²) in [5.41, 5.74) is 0. The summed E-state index contributed by atoms with van der Waals surface area (Å²) in [6.45, 7) is 3.50. The Hall–Kier alpha value is -0.650. The third-order valence-electron chi connectivity index (χ3n) is 5.81. The molecule has 3 unspecified atom stereocenters. The van der Waals surface area contributed by atoms with Gasteiger partial charge in [-0.05, 0) is 32.1 Å². The molecule has 4 aliphatic rings. The van der Waals surface area contributed by atoms with Crippen LogP contribution in [-0.2, 0) is 4.84 Å². The average Bonchev–Trinajstić information content (AvgIpc) is 2.71. The van der Waals surface area contributed by atoms with Crippen LogP contribution in [0.2, 0.25) is 0 Å². The van der Waals surface area contributed by atoms with Gasteiger partial charge >= 0.3 is 0 Å².